The summed E-state index contributed by atoms with van der Waals surface area (Å²) in [6, 6.07) is 16.6. The van der Waals surface area contributed by atoms with Crippen molar-refractivity contribution in [2.75, 3.05) is 13.2 Å². The number of benzene rings is 2. The second kappa shape index (κ2) is 10.5. The zero-order valence-corrected chi connectivity index (χ0v) is 20.4. The maximum Gasteiger partial charge on any atom is 0.252 e. The van der Waals surface area contributed by atoms with E-state index in [4.69, 9.17) is 4.74 Å². The van der Waals surface area contributed by atoms with Crippen molar-refractivity contribution in [3.8, 4) is 0 Å². The number of aryl methyl sites for hydroxylation is 2. The maximum atomic E-state index is 13.0. The van der Waals surface area contributed by atoms with Gasteiger partial charge in [0.25, 0.3) is 5.56 Å². The molecule has 8 nitrogen and oxygen atoms in total. The van der Waals surface area contributed by atoms with Crippen LogP contribution < -0.4 is 5.56 Å². The number of aromatic amines is 1. The Morgan fingerprint density at radius 3 is 2.74 bits per heavy atom. The molecule has 0 bridgehead atoms. The molecule has 2 aromatic heterocycles. The van der Waals surface area contributed by atoms with E-state index in [0.29, 0.717) is 19.6 Å². The van der Waals surface area contributed by atoms with Crippen LogP contribution in [-0.2, 0) is 30.8 Å². The number of aromatic nitrogens is 5. The van der Waals surface area contributed by atoms with Gasteiger partial charge in [-0.25, -0.2) is 4.68 Å². The number of H-pyrrole nitrogens is 1. The number of rotatable bonds is 9. The highest BCUT2D eigenvalue weighted by Gasteiger charge is 2.20. The lowest BCUT2D eigenvalue weighted by molar-refractivity contribution is 0.0916. The van der Waals surface area contributed by atoms with E-state index in [0.717, 1.165) is 54.7 Å². The number of nitrogens with one attached hydrogen (secondary N) is 1. The molecule has 1 atom stereocenters. The molecule has 3 heterocycles. The summed E-state index contributed by atoms with van der Waals surface area (Å²) in [5.74, 6) is 0.789. The molecule has 0 aliphatic carbocycles. The normalized spacial score (nSPS) is 15.9. The molecule has 1 N–H and O–H groups in total. The number of nitrogens with zero attached hydrogens (tertiary/aromatic N) is 5. The van der Waals surface area contributed by atoms with E-state index in [1.165, 1.54) is 16.7 Å². The molecule has 0 saturated carbocycles. The monoisotopic (exact) mass is 472 g/mol. The molecule has 2 aromatic carbocycles. The summed E-state index contributed by atoms with van der Waals surface area (Å²) in [7, 11) is 0. The van der Waals surface area contributed by atoms with Crippen LogP contribution >= 0.6 is 0 Å². The highest BCUT2D eigenvalue weighted by atomic mass is 16.5. The highest BCUT2D eigenvalue weighted by Crippen LogP contribution is 2.19. The predicted molar refractivity (Wildman–Crippen MR) is 135 cm³/mol. The molecule has 5 rings (SSSR count). The van der Waals surface area contributed by atoms with Crippen LogP contribution in [0.5, 0.6) is 0 Å². The number of hydrogen-bond acceptors (Lipinski definition) is 6. The van der Waals surface area contributed by atoms with Crippen molar-refractivity contribution in [3.63, 3.8) is 0 Å². The lowest BCUT2D eigenvalue weighted by Gasteiger charge is -2.22. The van der Waals surface area contributed by atoms with Crippen LogP contribution in [0, 0.1) is 13.8 Å². The smallest absolute Gasteiger partial charge is 0.252 e. The third-order valence-electron chi connectivity index (χ3n) is 6.86. The Morgan fingerprint density at radius 1 is 1.11 bits per heavy atom. The third kappa shape index (κ3) is 5.66. The Balaban J connectivity index is 1.39. The second-order valence-corrected chi connectivity index (χ2v) is 9.51. The first kappa shape index (κ1) is 23.4. The lowest BCUT2D eigenvalue weighted by atomic mass is 10.0. The van der Waals surface area contributed by atoms with Gasteiger partial charge in [-0.1, -0.05) is 30.3 Å². The first-order valence-corrected chi connectivity index (χ1v) is 12.3. The Bertz CT molecular complexity index is 1340. The Morgan fingerprint density at radius 2 is 1.94 bits per heavy atom. The summed E-state index contributed by atoms with van der Waals surface area (Å²) in [5.41, 5.74) is 5.21. The van der Waals surface area contributed by atoms with Crippen LogP contribution in [0.3, 0.4) is 0 Å². The largest absolute Gasteiger partial charge is 0.376 e. The van der Waals surface area contributed by atoms with Crippen molar-refractivity contribution in [1.82, 2.24) is 30.1 Å². The highest BCUT2D eigenvalue weighted by molar-refractivity contribution is 5.80. The number of pyridine rings is 1. The average molecular weight is 473 g/mol. The van der Waals surface area contributed by atoms with Gasteiger partial charge in [-0.15, -0.1) is 5.10 Å². The summed E-state index contributed by atoms with van der Waals surface area (Å²) in [6.07, 6.45) is 3.14. The van der Waals surface area contributed by atoms with Crippen molar-refractivity contribution in [2.24, 2.45) is 0 Å². The summed E-state index contributed by atoms with van der Waals surface area (Å²) in [5, 5.41) is 13.5. The van der Waals surface area contributed by atoms with Crippen LogP contribution in [0.1, 0.15) is 40.9 Å². The average Bonchev–Trinajstić information content (AvgIpc) is 3.53. The summed E-state index contributed by atoms with van der Waals surface area (Å²) in [4.78, 5) is 18.3. The zero-order valence-electron chi connectivity index (χ0n) is 20.4. The van der Waals surface area contributed by atoms with Gasteiger partial charge < -0.3 is 9.72 Å². The van der Waals surface area contributed by atoms with Crippen LogP contribution in [0.15, 0.2) is 53.3 Å². The molecule has 0 spiro atoms. The first-order chi connectivity index (χ1) is 17.0. The third-order valence-corrected chi connectivity index (χ3v) is 6.86. The molecule has 4 aromatic rings. The Hall–Kier alpha value is -3.36. The van der Waals surface area contributed by atoms with Gasteiger partial charge in [-0.05, 0) is 83.8 Å². The summed E-state index contributed by atoms with van der Waals surface area (Å²) < 4.78 is 7.64. The van der Waals surface area contributed by atoms with E-state index in [1.54, 1.807) is 0 Å². The van der Waals surface area contributed by atoms with Gasteiger partial charge in [0, 0.05) is 30.8 Å². The molecule has 0 radical (unpaired) electrons. The Kier molecular flexibility index (Phi) is 7.01. The van der Waals surface area contributed by atoms with Gasteiger partial charge >= 0.3 is 0 Å². The topological polar surface area (TPSA) is 88.9 Å². The Labute approximate surface area is 204 Å². The molecule has 1 aliphatic heterocycles. The van der Waals surface area contributed by atoms with E-state index < -0.39 is 0 Å². The standard InChI is InChI=1S/C27H32N6O2/c1-19-13-22-15-23(27(34)28-25(22)14-20(19)2)16-32(11-10-21-7-4-3-5-8-21)18-26-29-30-31-33(26)17-24-9-6-12-35-24/h3-5,7-8,13-15,24H,6,9-12,16-18H2,1-2H3,(H,28,34). The minimum Gasteiger partial charge on any atom is -0.376 e. The molecule has 1 unspecified atom stereocenters. The van der Waals surface area contributed by atoms with E-state index >= 15 is 0 Å². The van der Waals surface area contributed by atoms with Crippen molar-refractivity contribution in [3.05, 3.63) is 87.0 Å². The SMILES string of the molecule is Cc1cc2cc(CN(CCc3ccccc3)Cc3nnnn3CC3CCCO3)c(=O)[nH]c2cc1C. The summed E-state index contributed by atoms with van der Waals surface area (Å²) >= 11 is 0. The van der Waals surface area contributed by atoms with Crippen molar-refractivity contribution >= 4 is 10.9 Å². The van der Waals surface area contributed by atoms with E-state index in [-0.39, 0.29) is 11.7 Å². The van der Waals surface area contributed by atoms with Crippen LogP contribution in [0.2, 0.25) is 0 Å². The minimum absolute atomic E-state index is 0.0515. The predicted octanol–water partition coefficient (Wildman–Crippen LogP) is 3.56. The number of ether oxygens (including phenoxy) is 1. The number of tetrazole rings is 1. The van der Waals surface area contributed by atoms with Gasteiger partial charge in [0.15, 0.2) is 5.82 Å². The fraction of sp³-hybridized carbons (Fsp3) is 0.407. The molecule has 1 saturated heterocycles. The quantitative estimate of drug-likeness (QED) is 0.401. The van der Waals surface area contributed by atoms with E-state index in [2.05, 4.69) is 69.6 Å². The fourth-order valence-electron chi connectivity index (χ4n) is 4.69. The minimum atomic E-state index is -0.0515. The van der Waals surface area contributed by atoms with Crippen LogP contribution in [0.25, 0.3) is 10.9 Å². The first-order valence-electron chi connectivity index (χ1n) is 12.3. The fourth-order valence-corrected chi connectivity index (χ4v) is 4.69. The molecule has 1 aliphatic rings. The lowest BCUT2D eigenvalue weighted by Crippen LogP contribution is -2.30. The van der Waals surface area contributed by atoms with E-state index in [1.807, 2.05) is 22.9 Å². The van der Waals surface area contributed by atoms with Crippen molar-refractivity contribution in [2.45, 2.75) is 58.8 Å². The molecule has 0 amide bonds. The van der Waals surface area contributed by atoms with Gasteiger partial charge in [-0.2, -0.15) is 0 Å². The van der Waals surface area contributed by atoms with Gasteiger partial charge in [0.1, 0.15) is 0 Å². The zero-order chi connectivity index (χ0) is 24.2. The van der Waals surface area contributed by atoms with Crippen molar-refractivity contribution < 1.29 is 4.74 Å². The molecule has 1 fully saturated rings. The molecule has 35 heavy (non-hydrogen) atoms. The molecule has 182 valence electrons. The van der Waals surface area contributed by atoms with E-state index in [9.17, 15) is 4.79 Å². The molecular formula is C27H32N6O2. The number of fused-ring (bicyclic) bond motifs is 1. The van der Waals surface area contributed by atoms with Gasteiger partial charge in [0.2, 0.25) is 0 Å². The summed E-state index contributed by atoms with van der Waals surface area (Å²) in [6.45, 7) is 7.46. The second-order valence-electron chi connectivity index (χ2n) is 9.51. The number of hydrogen-bond donors (Lipinski definition) is 1. The van der Waals surface area contributed by atoms with Crippen LogP contribution in [0.4, 0.5) is 0 Å². The van der Waals surface area contributed by atoms with Gasteiger partial charge in [0.05, 0.1) is 19.2 Å². The molecular weight excluding hydrogens is 440 g/mol. The maximum absolute atomic E-state index is 13.0. The molecule has 8 heteroatoms. The van der Waals surface area contributed by atoms with Crippen molar-refractivity contribution in [1.29, 1.82) is 0 Å². The van der Waals surface area contributed by atoms with Gasteiger partial charge in [-0.3, -0.25) is 9.69 Å². The van der Waals surface area contributed by atoms with Crippen LogP contribution in [-0.4, -0.2) is 49.3 Å².